The number of carbonyl (C=O) groups is 1. The van der Waals surface area contributed by atoms with E-state index in [4.69, 9.17) is 9.97 Å². The van der Waals surface area contributed by atoms with Gasteiger partial charge in [-0.2, -0.15) is 0 Å². The minimum Gasteiger partial charge on any atom is -0.370 e. The van der Waals surface area contributed by atoms with Crippen LogP contribution in [0, 0.1) is 0 Å². The number of hydrogen-bond donors (Lipinski definition) is 2. The Morgan fingerprint density at radius 1 is 0.955 bits per heavy atom. The summed E-state index contributed by atoms with van der Waals surface area (Å²) in [6.45, 7) is 2.10. The molecular formula is C34H32N8OS. The molecule has 7 rings (SSSR count). The van der Waals surface area contributed by atoms with E-state index >= 15 is 0 Å². The summed E-state index contributed by atoms with van der Waals surface area (Å²) in [4.78, 5) is 32.5. The number of aromatic nitrogens is 4. The van der Waals surface area contributed by atoms with Crippen LogP contribution in [0.4, 0.5) is 23.0 Å². The number of benzene rings is 2. The molecular weight excluding hydrogens is 568 g/mol. The lowest BCUT2D eigenvalue weighted by Crippen LogP contribution is -2.31. The second-order valence-electron chi connectivity index (χ2n) is 11.0. The molecule has 44 heavy (non-hydrogen) atoms. The van der Waals surface area contributed by atoms with Crippen molar-refractivity contribution >= 4 is 45.9 Å². The van der Waals surface area contributed by atoms with Crippen LogP contribution in [0.15, 0.2) is 103 Å². The average molecular weight is 601 g/mol. The van der Waals surface area contributed by atoms with E-state index in [0.29, 0.717) is 22.6 Å². The van der Waals surface area contributed by atoms with E-state index < -0.39 is 0 Å². The lowest BCUT2D eigenvalue weighted by molar-refractivity contribution is 0.103. The number of hydrogen-bond acceptors (Lipinski definition) is 8. The Hall–Kier alpha value is -5.06. The Kier molecular flexibility index (Phi) is 7.51. The van der Waals surface area contributed by atoms with Gasteiger partial charge in [0.2, 0.25) is 5.95 Å². The van der Waals surface area contributed by atoms with Crippen LogP contribution >= 0.6 is 11.3 Å². The normalized spacial score (nSPS) is 14.8. The van der Waals surface area contributed by atoms with Crippen molar-refractivity contribution in [2.24, 2.45) is 0 Å². The molecule has 1 atom stereocenters. The highest BCUT2D eigenvalue weighted by Crippen LogP contribution is 2.34. The molecule has 220 valence electrons. The van der Waals surface area contributed by atoms with Crippen molar-refractivity contribution in [2.75, 3.05) is 42.7 Å². The quantitative estimate of drug-likeness (QED) is 0.202. The van der Waals surface area contributed by atoms with Crippen LogP contribution in [-0.2, 0) is 0 Å². The van der Waals surface area contributed by atoms with E-state index in [1.54, 1.807) is 6.20 Å². The maximum Gasteiger partial charge on any atom is 0.265 e. The van der Waals surface area contributed by atoms with Gasteiger partial charge in [0, 0.05) is 54.2 Å². The molecule has 9 nitrogen and oxygen atoms in total. The Bertz CT molecular complexity index is 1920. The standard InChI is InChI=1S/C34H32N8OS/c1-40(2)27-16-19-41(22-27)26-13-11-24(12-14-26)37-34-35-17-15-28(38-34)32-31(39-30-10-3-4-18-42(30)32)23-7-5-8-25(21-23)36-33(43)29-9-6-20-44-29/h3-15,17-18,20-21,27H,16,19,22H2,1-2H3,(H,36,43)(H,35,37,38). The summed E-state index contributed by atoms with van der Waals surface area (Å²) in [7, 11) is 4.30. The molecule has 6 aromatic rings. The fraction of sp³-hybridized carbons (Fsp3) is 0.176. The predicted octanol–water partition coefficient (Wildman–Crippen LogP) is 6.66. The van der Waals surface area contributed by atoms with Gasteiger partial charge in [-0.15, -0.1) is 11.3 Å². The number of fused-ring (bicyclic) bond motifs is 1. The van der Waals surface area contributed by atoms with Crippen LogP contribution in [-0.4, -0.2) is 63.4 Å². The van der Waals surface area contributed by atoms with Crippen molar-refractivity contribution in [1.29, 1.82) is 0 Å². The van der Waals surface area contributed by atoms with Crippen LogP contribution in [0.25, 0.3) is 28.3 Å². The number of nitrogens with one attached hydrogen (secondary N) is 2. The monoisotopic (exact) mass is 600 g/mol. The fourth-order valence-electron chi connectivity index (χ4n) is 5.62. The van der Waals surface area contributed by atoms with E-state index in [9.17, 15) is 4.79 Å². The van der Waals surface area contributed by atoms with Crippen molar-refractivity contribution in [3.05, 3.63) is 108 Å². The SMILES string of the molecule is CN(C)C1CCN(c2ccc(Nc3nccc(-c4c(-c5cccc(NC(=O)c6cccs6)c5)nc5ccccn45)n3)cc2)C1. The lowest BCUT2D eigenvalue weighted by atomic mass is 10.1. The first-order valence-electron chi connectivity index (χ1n) is 14.6. The zero-order valence-corrected chi connectivity index (χ0v) is 25.3. The molecule has 0 saturated carbocycles. The molecule has 0 radical (unpaired) electrons. The van der Waals surface area contributed by atoms with Gasteiger partial charge in [0.15, 0.2) is 0 Å². The van der Waals surface area contributed by atoms with Crippen LogP contribution in [0.1, 0.15) is 16.1 Å². The molecule has 2 N–H and O–H groups in total. The largest absolute Gasteiger partial charge is 0.370 e. The summed E-state index contributed by atoms with van der Waals surface area (Å²) in [5.41, 5.74) is 6.84. The number of imidazole rings is 1. The lowest BCUT2D eigenvalue weighted by Gasteiger charge is -2.22. The summed E-state index contributed by atoms with van der Waals surface area (Å²) in [6, 6.07) is 28.3. The third kappa shape index (κ3) is 5.64. The number of rotatable bonds is 8. The number of nitrogens with zero attached hydrogens (tertiary/aromatic N) is 6. The molecule has 0 spiro atoms. The predicted molar refractivity (Wildman–Crippen MR) is 178 cm³/mol. The number of thiophene rings is 1. The van der Waals surface area contributed by atoms with Crippen molar-refractivity contribution in [3.63, 3.8) is 0 Å². The van der Waals surface area contributed by atoms with Gasteiger partial charge in [0.05, 0.1) is 22.0 Å². The maximum atomic E-state index is 12.7. The second-order valence-corrected chi connectivity index (χ2v) is 12.0. The fourth-order valence-corrected chi connectivity index (χ4v) is 6.24. The number of amides is 1. The average Bonchev–Trinajstić information content (AvgIpc) is 3.82. The number of carbonyl (C=O) groups excluding carboxylic acids is 1. The van der Waals surface area contributed by atoms with Gasteiger partial charge < -0.3 is 20.4 Å². The topological polar surface area (TPSA) is 90.7 Å². The molecule has 10 heteroatoms. The first kappa shape index (κ1) is 27.8. The van der Waals surface area contributed by atoms with E-state index in [-0.39, 0.29) is 5.91 Å². The minimum atomic E-state index is -0.134. The van der Waals surface area contributed by atoms with Gasteiger partial charge >= 0.3 is 0 Å². The van der Waals surface area contributed by atoms with Gasteiger partial charge in [-0.1, -0.05) is 24.3 Å². The smallest absolute Gasteiger partial charge is 0.265 e. The van der Waals surface area contributed by atoms with Gasteiger partial charge in [-0.3, -0.25) is 9.20 Å². The summed E-state index contributed by atoms with van der Waals surface area (Å²) < 4.78 is 2.03. The summed E-state index contributed by atoms with van der Waals surface area (Å²) >= 11 is 1.41. The minimum absolute atomic E-state index is 0.134. The Morgan fingerprint density at radius 2 is 1.84 bits per heavy atom. The molecule has 0 aliphatic carbocycles. The molecule has 5 heterocycles. The van der Waals surface area contributed by atoms with Gasteiger partial charge in [-0.05, 0) is 86.6 Å². The molecule has 1 aliphatic heterocycles. The number of anilines is 4. The Morgan fingerprint density at radius 3 is 2.64 bits per heavy atom. The summed E-state index contributed by atoms with van der Waals surface area (Å²) in [5.74, 6) is 0.364. The summed E-state index contributed by atoms with van der Waals surface area (Å²) in [5, 5.41) is 8.28. The maximum absolute atomic E-state index is 12.7. The van der Waals surface area contributed by atoms with Crippen molar-refractivity contribution in [3.8, 4) is 22.6 Å². The first-order valence-corrected chi connectivity index (χ1v) is 15.4. The van der Waals surface area contributed by atoms with Gasteiger partial charge in [-0.25, -0.2) is 15.0 Å². The van der Waals surface area contributed by atoms with Crippen molar-refractivity contribution < 1.29 is 4.79 Å². The molecule has 4 aromatic heterocycles. The second kappa shape index (κ2) is 11.9. The molecule has 2 aromatic carbocycles. The first-order chi connectivity index (χ1) is 21.5. The molecule has 1 saturated heterocycles. The van der Waals surface area contributed by atoms with E-state index in [2.05, 4.69) is 63.8 Å². The van der Waals surface area contributed by atoms with Gasteiger partial charge in [0.25, 0.3) is 5.91 Å². The van der Waals surface area contributed by atoms with Crippen molar-refractivity contribution in [1.82, 2.24) is 24.3 Å². The number of pyridine rings is 1. The molecule has 1 unspecified atom stereocenters. The highest BCUT2D eigenvalue weighted by Gasteiger charge is 2.24. The highest BCUT2D eigenvalue weighted by atomic mass is 32.1. The Balaban J connectivity index is 1.17. The van der Waals surface area contributed by atoms with E-state index in [1.807, 2.05) is 76.6 Å². The number of likely N-dealkylation sites (N-methyl/N-ethyl adjacent to an activating group) is 1. The highest BCUT2D eigenvalue weighted by molar-refractivity contribution is 7.12. The molecule has 0 bridgehead atoms. The zero-order chi connectivity index (χ0) is 30.0. The third-order valence-corrected chi connectivity index (χ3v) is 8.82. The van der Waals surface area contributed by atoms with Crippen LogP contribution in [0.3, 0.4) is 0 Å². The van der Waals surface area contributed by atoms with E-state index in [0.717, 1.165) is 47.1 Å². The zero-order valence-electron chi connectivity index (χ0n) is 24.5. The molecule has 1 fully saturated rings. The van der Waals surface area contributed by atoms with Gasteiger partial charge in [0.1, 0.15) is 5.65 Å². The molecule has 1 amide bonds. The Labute approximate surface area is 259 Å². The third-order valence-electron chi connectivity index (χ3n) is 7.95. The van der Waals surface area contributed by atoms with Crippen LogP contribution in [0.2, 0.25) is 0 Å². The van der Waals surface area contributed by atoms with Crippen molar-refractivity contribution in [2.45, 2.75) is 12.5 Å². The molecule has 1 aliphatic rings. The van der Waals surface area contributed by atoms with E-state index in [1.165, 1.54) is 23.4 Å². The van der Waals surface area contributed by atoms with Crippen LogP contribution < -0.4 is 15.5 Å². The van der Waals surface area contributed by atoms with Crippen LogP contribution in [0.5, 0.6) is 0 Å². The summed E-state index contributed by atoms with van der Waals surface area (Å²) in [6.07, 6.45) is 4.91.